The Morgan fingerprint density at radius 1 is 1.25 bits per heavy atom. The Hall–Kier alpha value is -1.31. The van der Waals surface area contributed by atoms with Crippen LogP contribution in [0.3, 0.4) is 0 Å². The molecule has 0 aliphatic heterocycles. The average molecular weight is 220 g/mol. The predicted octanol–water partition coefficient (Wildman–Crippen LogP) is 3.24. The van der Waals surface area contributed by atoms with Gasteiger partial charge in [-0.3, -0.25) is 0 Å². The first-order valence-electron chi connectivity index (χ1n) is 5.79. The van der Waals surface area contributed by atoms with Crippen LogP contribution in [0.25, 0.3) is 0 Å². The molecule has 0 aromatic heterocycles. The summed E-state index contributed by atoms with van der Waals surface area (Å²) in [5, 5.41) is 0. The van der Waals surface area contributed by atoms with Crippen LogP contribution in [0.2, 0.25) is 0 Å². The molecule has 0 heterocycles. The lowest BCUT2D eigenvalue weighted by atomic mass is 10.1. The summed E-state index contributed by atoms with van der Waals surface area (Å²) in [6.07, 6.45) is 1.44. The number of aryl methyl sites for hydroxylation is 1. The number of benzene rings is 1. The number of ketones is 1. The van der Waals surface area contributed by atoms with Crippen molar-refractivity contribution >= 4 is 5.78 Å². The molecule has 1 aromatic carbocycles. The van der Waals surface area contributed by atoms with Gasteiger partial charge in [-0.2, -0.15) is 0 Å². The lowest BCUT2D eigenvalue weighted by Gasteiger charge is -2.09. The Bertz CT molecular complexity index is 325. The number of hydrogen-bond acceptors (Lipinski definition) is 2. The lowest BCUT2D eigenvalue weighted by Crippen LogP contribution is -2.04. The largest absolute Gasteiger partial charge is 0.493 e. The monoisotopic (exact) mass is 220 g/mol. The number of carbonyl (C=O) groups excluding carboxylic acids is 1. The summed E-state index contributed by atoms with van der Waals surface area (Å²) in [4.78, 5) is 10.8. The molecule has 0 spiro atoms. The predicted molar refractivity (Wildman–Crippen MR) is 65.8 cm³/mol. The van der Waals surface area contributed by atoms with E-state index in [-0.39, 0.29) is 5.78 Å². The summed E-state index contributed by atoms with van der Waals surface area (Å²) in [7, 11) is 0. The molecular formula is C14H20O2. The molecule has 0 radical (unpaired) electrons. The minimum atomic E-state index is 0.236. The maximum atomic E-state index is 10.8. The zero-order valence-electron chi connectivity index (χ0n) is 10.3. The number of hydrogen-bond donors (Lipinski definition) is 0. The number of Topliss-reactive ketones (excluding diaryl/α,β-unsaturated/α-hetero) is 1. The standard InChI is InChI=1S/C14H20O2/c1-11(2)10-16-14-8-6-13(7-9-14)5-4-12(3)15/h6-9,11H,4-5,10H2,1-3H3. The van der Waals surface area contributed by atoms with Crippen LogP contribution in [0.1, 0.15) is 32.8 Å². The van der Waals surface area contributed by atoms with Gasteiger partial charge in [-0.05, 0) is 37.0 Å². The van der Waals surface area contributed by atoms with Crippen LogP contribution < -0.4 is 4.74 Å². The van der Waals surface area contributed by atoms with E-state index in [0.29, 0.717) is 12.3 Å². The van der Waals surface area contributed by atoms with E-state index < -0.39 is 0 Å². The highest BCUT2D eigenvalue weighted by atomic mass is 16.5. The first-order chi connectivity index (χ1) is 7.58. The topological polar surface area (TPSA) is 26.3 Å². The highest BCUT2D eigenvalue weighted by Crippen LogP contribution is 2.14. The zero-order valence-corrected chi connectivity index (χ0v) is 10.3. The highest BCUT2D eigenvalue weighted by Gasteiger charge is 1.99. The second-order valence-corrected chi connectivity index (χ2v) is 4.55. The molecule has 1 aromatic rings. The van der Waals surface area contributed by atoms with Crippen molar-refractivity contribution in [3.63, 3.8) is 0 Å². The Balaban J connectivity index is 2.44. The highest BCUT2D eigenvalue weighted by molar-refractivity contribution is 5.75. The Morgan fingerprint density at radius 2 is 1.88 bits per heavy atom. The zero-order chi connectivity index (χ0) is 12.0. The Labute approximate surface area is 97.6 Å². The van der Waals surface area contributed by atoms with E-state index in [1.54, 1.807) is 6.92 Å². The van der Waals surface area contributed by atoms with Crippen LogP contribution in [0, 0.1) is 5.92 Å². The van der Waals surface area contributed by atoms with Gasteiger partial charge in [0.05, 0.1) is 6.61 Å². The van der Waals surface area contributed by atoms with Gasteiger partial charge in [0.2, 0.25) is 0 Å². The van der Waals surface area contributed by atoms with E-state index in [9.17, 15) is 4.79 Å². The van der Waals surface area contributed by atoms with Crippen molar-refractivity contribution in [2.24, 2.45) is 5.92 Å². The summed E-state index contributed by atoms with van der Waals surface area (Å²) >= 11 is 0. The summed E-state index contributed by atoms with van der Waals surface area (Å²) < 4.78 is 5.58. The van der Waals surface area contributed by atoms with E-state index in [4.69, 9.17) is 4.74 Å². The van der Waals surface area contributed by atoms with Gasteiger partial charge in [0.25, 0.3) is 0 Å². The first-order valence-corrected chi connectivity index (χ1v) is 5.79. The number of ether oxygens (including phenoxy) is 1. The fourth-order valence-corrected chi connectivity index (χ4v) is 1.34. The van der Waals surface area contributed by atoms with E-state index >= 15 is 0 Å². The molecule has 88 valence electrons. The van der Waals surface area contributed by atoms with Crippen LogP contribution in [-0.2, 0) is 11.2 Å². The molecule has 0 saturated carbocycles. The van der Waals surface area contributed by atoms with Gasteiger partial charge in [-0.15, -0.1) is 0 Å². The van der Waals surface area contributed by atoms with Crippen LogP contribution in [0.5, 0.6) is 5.75 Å². The molecule has 2 heteroatoms. The van der Waals surface area contributed by atoms with Crippen molar-refractivity contribution in [1.82, 2.24) is 0 Å². The second kappa shape index (κ2) is 6.31. The summed E-state index contributed by atoms with van der Waals surface area (Å²) in [5.41, 5.74) is 1.19. The Kier molecular flexibility index (Phi) is 5.03. The molecule has 0 saturated heterocycles. The minimum Gasteiger partial charge on any atom is -0.493 e. The maximum Gasteiger partial charge on any atom is 0.130 e. The fraction of sp³-hybridized carbons (Fsp3) is 0.500. The molecule has 0 atom stereocenters. The molecule has 0 unspecified atom stereocenters. The van der Waals surface area contributed by atoms with Gasteiger partial charge in [0.15, 0.2) is 0 Å². The van der Waals surface area contributed by atoms with Gasteiger partial charge in [-0.25, -0.2) is 0 Å². The fourth-order valence-electron chi connectivity index (χ4n) is 1.34. The van der Waals surface area contributed by atoms with Gasteiger partial charge in [0, 0.05) is 6.42 Å². The molecule has 16 heavy (non-hydrogen) atoms. The second-order valence-electron chi connectivity index (χ2n) is 4.55. The van der Waals surface area contributed by atoms with Crippen molar-refractivity contribution in [2.75, 3.05) is 6.61 Å². The van der Waals surface area contributed by atoms with Crippen LogP contribution in [0.15, 0.2) is 24.3 Å². The maximum absolute atomic E-state index is 10.8. The summed E-state index contributed by atoms with van der Waals surface area (Å²) in [6, 6.07) is 7.99. The summed E-state index contributed by atoms with van der Waals surface area (Å²) in [5.74, 6) is 1.68. The third kappa shape index (κ3) is 4.96. The average Bonchev–Trinajstić information content (AvgIpc) is 2.25. The molecule has 0 bridgehead atoms. The first kappa shape index (κ1) is 12.8. The number of rotatable bonds is 6. The molecular weight excluding hydrogens is 200 g/mol. The molecule has 2 nitrogen and oxygen atoms in total. The third-order valence-corrected chi connectivity index (χ3v) is 2.27. The van der Waals surface area contributed by atoms with Crippen LogP contribution >= 0.6 is 0 Å². The van der Waals surface area contributed by atoms with Gasteiger partial charge in [-0.1, -0.05) is 26.0 Å². The molecule has 0 fully saturated rings. The quantitative estimate of drug-likeness (QED) is 0.735. The van der Waals surface area contributed by atoms with E-state index in [1.165, 1.54) is 5.56 Å². The van der Waals surface area contributed by atoms with Crippen molar-refractivity contribution in [3.05, 3.63) is 29.8 Å². The SMILES string of the molecule is CC(=O)CCc1ccc(OCC(C)C)cc1. The van der Waals surface area contributed by atoms with Gasteiger partial charge in [0.1, 0.15) is 11.5 Å². The molecule has 0 amide bonds. The summed E-state index contributed by atoms with van der Waals surface area (Å²) in [6.45, 7) is 6.62. The normalized spacial score (nSPS) is 10.5. The molecule has 0 N–H and O–H groups in total. The van der Waals surface area contributed by atoms with E-state index in [2.05, 4.69) is 13.8 Å². The smallest absolute Gasteiger partial charge is 0.130 e. The number of carbonyl (C=O) groups is 1. The molecule has 0 aliphatic rings. The van der Waals surface area contributed by atoms with E-state index in [1.807, 2.05) is 24.3 Å². The minimum absolute atomic E-state index is 0.236. The van der Waals surface area contributed by atoms with Gasteiger partial charge < -0.3 is 9.53 Å². The Morgan fingerprint density at radius 3 is 2.38 bits per heavy atom. The van der Waals surface area contributed by atoms with Crippen molar-refractivity contribution in [1.29, 1.82) is 0 Å². The van der Waals surface area contributed by atoms with E-state index in [0.717, 1.165) is 18.8 Å². The van der Waals surface area contributed by atoms with Gasteiger partial charge >= 0.3 is 0 Å². The van der Waals surface area contributed by atoms with Crippen LogP contribution in [-0.4, -0.2) is 12.4 Å². The van der Waals surface area contributed by atoms with Crippen LogP contribution in [0.4, 0.5) is 0 Å². The van der Waals surface area contributed by atoms with Crippen molar-refractivity contribution in [2.45, 2.75) is 33.6 Å². The molecule has 0 aliphatic carbocycles. The van der Waals surface area contributed by atoms with Crippen molar-refractivity contribution < 1.29 is 9.53 Å². The lowest BCUT2D eigenvalue weighted by molar-refractivity contribution is -0.116. The molecule has 1 rings (SSSR count). The van der Waals surface area contributed by atoms with Crippen molar-refractivity contribution in [3.8, 4) is 5.75 Å². The third-order valence-electron chi connectivity index (χ3n) is 2.27.